The fourth-order valence-electron chi connectivity index (χ4n) is 1.61. The average molecular weight is 324 g/mol. The molecule has 0 atom stereocenters. The third kappa shape index (κ3) is 2.88. The van der Waals surface area contributed by atoms with E-state index in [0.717, 1.165) is 22.9 Å². The van der Waals surface area contributed by atoms with Crippen molar-refractivity contribution in [1.82, 2.24) is 9.78 Å². The first-order valence-corrected chi connectivity index (χ1v) is 6.19. The predicted molar refractivity (Wildman–Crippen MR) is 79.2 cm³/mol. The van der Waals surface area contributed by atoms with Gasteiger partial charge < -0.3 is 5.73 Å². The van der Waals surface area contributed by atoms with E-state index in [1.165, 1.54) is 6.92 Å². The first-order valence-electron chi connectivity index (χ1n) is 5.78. The van der Waals surface area contributed by atoms with Crippen LogP contribution in [0.25, 0.3) is 0 Å². The zero-order chi connectivity index (χ0) is 16.4. The van der Waals surface area contributed by atoms with Gasteiger partial charge in [-0.2, -0.15) is 4.68 Å². The number of aromatic nitrogens is 2. The Kier molecular flexibility index (Phi) is 4.08. The molecule has 1 aromatic heterocycles. The summed E-state index contributed by atoms with van der Waals surface area (Å²) in [5.74, 6) is -0.808. The Bertz CT molecular complexity index is 856. The molecule has 22 heavy (non-hydrogen) atoms. The van der Waals surface area contributed by atoms with Crippen molar-refractivity contribution in [2.75, 3.05) is 0 Å². The second kappa shape index (κ2) is 5.81. The van der Waals surface area contributed by atoms with E-state index in [9.17, 15) is 19.3 Å². The van der Waals surface area contributed by atoms with Crippen molar-refractivity contribution in [3.8, 4) is 0 Å². The largest absolute Gasteiger partial charge is 0.374 e. The second-order valence-electron chi connectivity index (χ2n) is 4.16. The number of hydrogen-bond donors (Lipinski definition) is 2. The molecule has 2 rings (SSSR count). The Morgan fingerprint density at radius 2 is 2.18 bits per heavy atom. The molecule has 0 fully saturated rings. The molecule has 0 radical (unpaired) electrons. The summed E-state index contributed by atoms with van der Waals surface area (Å²) in [6, 6.07) is 2.80. The van der Waals surface area contributed by atoms with Crippen molar-refractivity contribution in [3.05, 3.63) is 50.2 Å². The van der Waals surface area contributed by atoms with Gasteiger partial charge in [0, 0.05) is 12.1 Å². The molecule has 0 amide bonds. The van der Waals surface area contributed by atoms with Gasteiger partial charge in [-0.1, -0.05) is 0 Å². The molecule has 1 aromatic carbocycles. The fourth-order valence-corrected chi connectivity index (χ4v) is 1.73. The van der Waals surface area contributed by atoms with Crippen molar-refractivity contribution >= 4 is 34.4 Å². The molecule has 11 heteroatoms. The summed E-state index contributed by atoms with van der Waals surface area (Å²) in [7, 11) is 0. The molecule has 0 aliphatic heterocycles. The van der Waals surface area contributed by atoms with Gasteiger partial charge in [-0.05, 0) is 25.2 Å². The lowest BCUT2D eigenvalue weighted by Gasteiger charge is -1.95. The average Bonchev–Trinajstić information content (AvgIpc) is 2.73. The molecule has 2 aromatic rings. The van der Waals surface area contributed by atoms with Gasteiger partial charge in [-0.3, -0.25) is 20.0 Å². The molecular weight excluding hydrogens is 315 g/mol. The summed E-state index contributed by atoms with van der Waals surface area (Å²) < 4.78 is 14.4. The van der Waals surface area contributed by atoms with Gasteiger partial charge in [0.25, 0.3) is 5.69 Å². The normalized spacial score (nSPS) is 11.0. The van der Waals surface area contributed by atoms with Gasteiger partial charge >= 0.3 is 5.56 Å². The lowest BCUT2D eigenvalue weighted by atomic mass is 10.3. The number of non-ortho nitro benzene ring substituents is 1. The number of nitrogens with one attached hydrogen (secondary N) is 1. The molecule has 114 valence electrons. The Balaban J connectivity index is 2.46. The number of nitro benzene ring substituents is 1. The van der Waals surface area contributed by atoms with E-state index in [-0.39, 0.29) is 22.2 Å². The standard InChI is InChI=1S/C11H9FN6O3S/c1-5-9(10(19)17(16-5)11(13)22)15-14-8-4-6(18(20)21)2-3-7(8)12/h2-4,16H,1H3,(H2,13,22). The smallest absolute Gasteiger partial charge is 0.301 e. The van der Waals surface area contributed by atoms with Crippen LogP contribution in [0.5, 0.6) is 0 Å². The number of benzene rings is 1. The van der Waals surface area contributed by atoms with Crippen molar-refractivity contribution < 1.29 is 9.31 Å². The highest BCUT2D eigenvalue weighted by molar-refractivity contribution is 7.80. The highest BCUT2D eigenvalue weighted by Crippen LogP contribution is 2.25. The SMILES string of the molecule is Cc1[nH]n(C(N)=S)c(=O)c1N=Nc1cc([N+](=O)[O-])ccc1F. The van der Waals surface area contributed by atoms with Crippen molar-refractivity contribution in [3.63, 3.8) is 0 Å². The number of rotatable bonds is 3. The van der Waals surface area contributed by atoms with Gasteiger partial charge in [0.15, 0.2) is 16.6 Å². The number of aromatic amines is 1. The summed E-state index contributed by atoms with van der Waals surface area (Å²) in [5, 5.41) is 20.2. The maximum Gasteiger partial charge on any atom is 0.301 e. The third-order valence-electron chi connectivity index (χ3n) is 2.66. The summed E-state index contributed by atoms with van der Waals surface area (Å²) in [4.78, 5) is 21.9. The first-order chi connectivity index (χ1) is 10.3. The summed E-state index contributed by atoms with van der Waals surface area (Å²) in [6.07, 6.45) is 0. The van der Waals surface area contributed by atoms with Crippen LogP contribution in [0, 0.1) is 22.9 Å². The molecule has 0 bridgehead atoms. The number of nitrogens with two attached hydrogens (primary N) is 1. The molecule has 0 aliphatic rings. The molecule has 9 nitrogen and oxygen atoms in total. The van der Waals surface area contributed by atoms with Gasteiger partial charge in [0.05, 0.1) is 10.6 Å². The van der Waals surface area contributed by atoms with E-state index in [4.69, 9.17) is 5.73 Å². The summed E-state index contributed by atoms with van der Waals surface area (Å²) in [6.45, 7) is 1.52. The van der Waals surface area contributed by atoms with Gasteiger partial charge in [0.2, 0.25) is 0 Å². The van der Waals surface area contributed by atoms with E-state index >= 15 is 0 Å². The molecule has 3 N–H and O–H groups in total. The van der Waals surface area contributed by atoms with Gasteiger partial charge in [0.1, 0.15) is 5.69 Å². The number of azo groups is 1. The van der Waals surface area contributed by atoms with Crippen LogP contribution in [0.15, 0.2) is 33.2 Å². The topological polar surface area (TPSA) is 132 Å². The lowest BCUT2D eigenvalue weighted by molar-refractivity contribution is -0.384. The number of hydrogen-bond acceptors (Lipinski definition) is 6. The third-order valence-corrected chi connectivity index (χ3v) is 2.84. The van der Waals surface area contributed by atoms with Crippen LogP contribution in [0.3, 0.4) is 0 Å². The molecular formula is C11H9FN6O3S. The van der Waals surface area contributed by atoms with Crippen LogP contribution in [0.2, 0.25) is 0 Å². The minimum Gasteiger partial charge on any atom is -0.374 e. The molecule has 0 spiro atoms. The minimum atomic E-state index is -0.808. The Morgan fingerprint density at radius 1 is 1.50 bits per heavy atom. The number of thiocarbonyl (C=S) groups is 1. The zero-order valence-electron chi connectivity index (χ0n) is 11.1. The lowest BCUT2D eigenvalue weighted by Crippen LogP contribution is -2.29. The Hall–Kier alpha value is -2.95. The maximum atomic E-state index is 13.6. The van der Waals surface area contributed by atoms with E-state index < -0.39 is 16.3 Å². The van der Waals surface area contributed by atoms with Gasteiger partial charge in [-0.25, -0.2) is 4.39 Å². The number of aryl methyl sites for hydroxylation is 1. The Labute approximate surface area is 127 Å². The minimum absolute atomic E-state index is 0.126. The van der Waals surface area contributed by atoms with Crippen LogP contribution in [-0.2, 0) is 0 Å². The van der Waals surface area contributed by atoms with Crippen LogP contribution in [0.4, 0.5) is 21.5 Å². The molecule has 0 saturated carbocycles. The van der Waals surface area contributed by atoms with E-state index in [2.05, 4.69) is 27.5 Å². The highest BCUT2D eigenvalue weighted by atomic mass is 32.1. The first kappa shape index (κ1) is 15.4. The van der Waals surface area contributed by atoms with Crippen LogP contribution >= 0.6 is 12.2 Å². The maximum absolute atomic E-state index is 13.6. The summed E-state index contributed by atoms with van der Waals surface area (Å²) in [5.41, 5.74) is 4.16. The quantitative estimate of drug-likeness (QED) is 0.386. The van der Waals surface area contributed by atoms with Crippen molar-refractivity contribution in [1.29, 1.82) is 0 Å². The number of nitro groups is 1. The van der Waals surface area contributed by atoms with Crippen LogP contribution in [-0.4, -0.2) is 19.8 Å². The zero-order valence-corrected chi connectivity index (χ0v) is 11.9. The fraction of sp³-hybridized carbons (Fsp3) is 0.0909. The predicted octanol–water partition coefficient (Wildman–Crippen LogP) is 2.04. The van der Waals surface area contributed by atoms with Crippen LogP contribution in [0.1, 0.15) is 5.69 Å². The Morgan fingerprint density at radius 3 is 2.73 bits per heavy atom. The molecule has 0 unspecified atom stereocenters. The number of H-pyrrole nitrogens is 1. The monoisotopic (exact) mass is 324 g/mol. The molecule has 1 heterocycles. The van der Waals surface area contributed by atoms with Gasteiger partial charge in [-0.15, -0.1) is 10.2 Å². The van der Waals surface area contributed by atoms with Crippen LogP contribution < -0.4 is 11.3 Å². The van der Waals surface area contributed by atoms with E-state index in [1.807, 2.05) is 0 Å². The van der Waals surface area contributed by atoms with E-state index in [1.54, 1.807) is 0 Å². The van der Waals surface area contributed by atoms with E-state index in [0.29, 0.717) is 5.69 Å². The number of nitrogens with zero attached hydrogens (tertiary/aromatic N) is 4. The highest BCUT2D eigenvalue weighted by Gasteiger charge is 2.14. The molecule has 0 saturated heterocycles. The van der Waals surface area contributed by atoms with Crippen molar-refractivity contribution in [2.24, 2.45) is 16.0 Å². The summed E-state index contributed by atoms with van der Waals surface area (Å²) >= 11 is 4.67. The van der Waals surface area contributed by atoms with Crippen molar-refractivity contribution in [2.45, 2.75) is 6.92 Å². The molecule has 0 aliphatic carbocycles. The number of halogens is 1. The second-order valence-corrected chi connectivity index (χ2v) is 4.58.